The maximum absolute atomic E-state index is 13.2. The lowest BCUT2D eigenvalue weighted by Gasteiger charge is -2.04. The molecule has 1 N–H and O–H groups in total. The van der Waals surface area contributed by atoms with Gasteiger partial charge in [-0.05, 0) is 36.4 Å². The third kappa shape index (κ3) is 5.14. The fourth-order valence-corrected chi connectivity index (χ4v) is 2.94. The van der Waals surface area contributed by atoms with E-state index >= 15 is 0 Å². The minimum atomic E-state index is -0.358. The second-order valence-corrected chi connectivity index (χ2v) is 6.97. The summed E-state index contributed by atoms with van der Waals surface area (Å²) >= 11 is 4.70. The summed E-state index contributed by atoms with van der Waals surface area (Å²) in [5, 5.41) is 6.63. The number of thioether (sulfide) groups is 1. The Hall–Kier alpha value is -2.19. The molecule has 0 aliphatic heterocycles. The summed E-state index contributed by atoms with van der Waals surface area (Å²) < 4.78 is 19.3. The lowest BCUT2D eigenvalue weighted by atomic mass is 10.2. The van der Waals surface area contributed by atoms with Gasteiger partial charge in [0.25, 0.3) is 0 Å². The van der Waals surface area contributed by atoms with Gasteiger partial charge in [0.1, 0.15) is 5.82 Å². The van der Waals surface area contributed by atoms with Gasteiger partial charge in [0.15, 0.2) is 0 Å². The largest absolute Gasteiger partial charge is 0.338 e. The molecule has 1 amide bonds. The highest BCUT2D eigenvalue weighted by atomic mass is 79.9. The predicted molar refractivity (Wildman–Crippen MR) is 98.6 cm³/mol. The molecular formula is C17H13BrFN3O2S. The lowest BCUT2D eigenvalue weighted by Crippen LogP contribution is -2.14. The second-order valence-electron chi connectivity index (χ2n) is 5.07. The standard InChI is InChI=1S/C17H13BrFN3O2S/c18-12-4-6-14(7-5-12)20-15(23)9-25-10-16-21-17(22-24-16)11-2-1-3-13(19)8-11/h1-8H,9-10H2,(H,20,23). The summed E-state index contributed by atoms with van der Waals surface area (Å²) in [6.45, 7) is 0. The number of aromatic nitrogens is 2. The van der Waals surface area contributed by atoms with Crippen LogP contribution in [-0.4, -0.2) is 21.8 Å². The van der Waals surface area contributed by atoms with Crippen LogP contribution in [0, 0.1) is 5.82 Å². The Bertz CT molecular complexity index is 870. The molecule has 25 heavy (non-hydrogen) atoms. The van der Waals surface area contributed by atoms with Gasteiger partial charge in [0.05, 0.1) is 11.5 Å². The fourth-order valence-electron chi connectivity index (χ4n) is 2.02. The summed E-state index contributed by atoms with van der Waals surface area (Å²) in [7, 11) is 0. The van der Waals surface area contributed by atoms with Crippen LogP contribution in [0.25, 0.3) is 11.4 Å². The maximum atomic E-state index is 13.2. The number of hydrogen-bond donors (Lipinski definition) is 1. The van der Waals surface area contributed by atoms with Gasteiger partial charge in [-0.15, -0.1) is 11.8 Å². The van der Waals surface area contributed by atoms with Gasteiger partial charge in [-0.1, -0.05) is 33.2 Å². The Kier molecular flexibility index (Phi) is 5.83. The normalized spacial score (nSPS) is 10.6. The van der Waals surface area contributed by atoms with Crippen molar-refractivity contribution in [1.29, 1.82) is 0 Å². The third-order valence-electron chi connectivity index (χ3n) is 3.14. The number of anilines is 1. The molecule has 0 spiro atoms. The van der Waals surface area contributed by atoms with Crippen molar-refractivity contribution in [2.24, 2.45) is 0 Å². The fraction of sp³-hybridized carbons (Fsp3) is 0.118. The molecule has 1 aromatic heterocycles. The SMILES string of the molecule is O=C(CSCc1nc(-c2cccc(F)c2)no1)Nc1ccc(Br)cc1. The molecule has 0 atom stereocenters. The van der Waals surface area contributed by atoms with E-state index in [2.05, 4.69) is 31.4 Å². The molecular weight excluding hydrogens is 409 g/mol. The van der Waals surface area contributed by atoms with E-state index in [0.717, 1.165) is 10.2 Å². The van der Waals surface area contributed by atoms with E-state index in [9.17, 15) is 9.18 Å². The van der Waals surface area contributed by atoms with E-state index in [0.29, 0.717) is 23.0 Å². The first-order valence-electron chi connectivity index (χ1n) is 7.32. The van der Waals surface area contributed by atoms with E-state index in [1.54, 1.807) is 12.1 Å². The topological polar surface area (TPSA) is 68.0 Å². The number of hydrogen-bond acceptors (Lipinski definition) is 5. The number of amides is 1. The first-order chi connectivity index (χ1) is 12.1. The van der Waals surface area contributed by atoms with Crippen LogP contribution in [0.2, 0.25) is 0 Å². The molecule has 0 radical (unpaired) electrons. The molecule has 8 heteroatoms. The lowest BCUT2D eigenvalue weighted by molar-refractivity contribution is -0.113. The molecule has 0 aliphatic rings. The maximum Gasteiger partial charge on any atom is 0.236 e. The van der Waals surface area contributed by atoms with E-state index < -0.39 is 0 Å². The quantitative estimate of drug-likeness (QED) is 0.633. The number of nitrogens with one attached hydrogen (secondary N) is 1. The highest BCUT2D eigenvalue weighted by Crippen LogP contribution is 2.19. The van der Waals surface area contributed by atoms with Crippen molar-refractivity contribution in [1.82, 2.24) is 10.1 Å². The van der Waals surface area contributed by atoms with E-state index in [1.165, 1.54) is 23.9 Å². The van der Waals surface area contributed by atoms with Gasteiger partial charge < -0.3 is 9.84 Å². The Morgan fingerprint density at radius 1 is 1.24 bits per heavy atom. The number of nitrogens with zero attached hydrogens (tertiary/aromatic N) is 2. The zero-order valence-electron chi connectivity index (χ0n) is 12.9. The Morgan fingerprint density at radius 3 is 2.80 bits per heavy atom. The van der Waals surface area contributed by atoms with Crippen molar-refractivity contribution in [3.05, 3.63) is 64.7 Å². The first kappa shape index (κ1) is 17.6. The highest BCUT2D eigenvalue weighted by Gasteiger charge is 2.10. The van der Waals surface area contributed by atoms with Crippen molar-refractivity contribution in [2.45, 2.75) is 5.75 Å². The molecule has 0 unspecified atom stereocenters. The average Bonchev–Trinajstić information content (AvgIpc) is 3.06. The van der Waals surface area contributed by atoms with Crippen LogP contribution in [0.15, 0.2) is 57.5 Å². The monoisotopic (exact) mass is 421 g/mol. The zero-order valence-corrected chi connectivity index (χ0v) is 15.3. The third-order valence-corrected chi connectivity index (χ3v) is 4.58. The van der Waals surface area contributed by atoms with Crippen LogP contribution in [0.5, 0.6) is 0 Å². The van der Waals surface area contributed by atoms with Crippen LogP contribution >= 0.6 is 27.7 Å². The Morgan fingerprint density at radius 2 is 2.04 bits per heavy atom. The summed E-state index contributed by atoms with van der Waals surface area (Å²) in [5.41, 5.74) is 1.29. The Labute approximate surface area is 156 Å². The number of carbonyl (C=O) groups excluding carboxylic acids is 1. The zero-order chi connectivity index (χ0) is 17.6. The van der Waals surface area contributed by atoms with Gasteiger partial charge in [-0.3, -0.25) is 4.79 Å². The van der Waals surface area contributed by atoms with Crippen molar-refractivity contribution >= 4 is 39.3 Å². The number of halogens is 2. The van der Waals surface area contributed by atoms with Gasteiger partial charge >= 0.3 is 0 Å². The molecule has 0 saturated carbocycles. The molecule has 0 saturated heterocycles. The summed E-state index contributed by atoms with van der Waals surface area (Å²) in [6, 6.07) is 13.3. The number of carbonyl (C=O) groups is 1. The molecule has 5 nitrogen and oxygen atoms in total. The van der Waals surface area contributed by atoms with Crippen LogP contribution in [0.4, 0.5) is 10.1 Å². The minimum absolute atomic E-state index is 0.114. The first-order valence-corrected chi connectivity index (χ1v) is 9.26. The number of benzene rings is 2. The molecule has 0 bridgehead atoms. The summed E-state index contributed by atoms with van der Waals surface area (Å²) in [6.07, 6.45) is 0. The molecule has 0 aliphatic carbocycles. The highest BCUT2D eigenvalue weighted by molar-refractivity contribution is 9.10. The van der Waals surface area contributed by atoms with Crippen LogP contribution < -0.4 is 5.32 Å². The van der Waals surface area contributed by atoms with Crippen molar-refractivity contribution < 1.29 is 13.7 Å². The molecule has 2 aromatic carbocycles. The van der Waals surface area contributed by atoms with E-state index in [1.807, 2.05) is 24.3 Å². The van der Waals surface area contributed by atoms with Crippen molar-refractivity contribution in [3.8, 4) is 11.4 Å². The average molecular weight is 422 g/mol. The predicted octanol–water partition coefficient (Wildman–Crippen LogP) is 4.51. The van der Waals surface area contributed by atoms with Crippen LogP contribution in [0.1, 0.15) is 5.89 Å². The smallest absolute Gasteiger partial charge is 0.236 e. The van der Waals surface area contributed by atoms with Crippen LogP contribution in [-0.2, 0) is 10.5 Å². The van der Waals surface area contributed by atoms with Gasteiger partial charge in [-0.25, -0.2) is 4.39 Å². The minimum Gasteiger partial charge on any atom is -0.338 e. The van der Waals surface area contributed by atoms with Gasteiger partial charge in [0, 0.05) is 15.7 Å². The van der Waals surface area contributed by atoms with Crippen molar-refractivity contribution in [3.63, 3.8) is 0 Å². The molecule has 3 aromatic rings. The molecule has 1 heterocycles. The van der Waals surface area contributed by atoms with E-state index in [4.69, 9.17) is 4.52 Å². The summed E-state index contributed by atoms with van der Waals surface area (Å²) in [5.74, 6) is 0.902. The summed E-state index contributed by atoms with van der Waals surface area (Å²) in [4.78, 5) is 16.1. The second kappa shape index (κ2) is 8.26. The number of rotatable bonds is 6. The van der Waals surface area contributed by atoms with E-state index in [-0.39, 0.29) is 17.5 Å². The molecule has 0 fully saturated rings. The van der Waals surface area contributed by atoms with Gasteiger partial charge in [0.2, 0.25) is 17.6 Å². The van der Waals surface area contributed by atoms with Crippen LogP contribution in [0.3, 0.4) is 0 Å². The molecule has 128 valence electrons. The Balaban J connectivity index is 1.49. The van der Waals surface area contributed by atoms with Gasteiger partial charge in [-0.2, -0.15) is 4.98 Å². The van der Waals surface area contributed by atoms with Crippen molar-refractivity contribution in [2.75, 3.05) is 11.1 Å². The molecule has 3 rings (SSSR count).